The first kappa shape index (κ1) is 11.0. The van der Waals surface area contributed by atoms with Crippen molar-refractivity contribution in [1.82, 2.24) is 9.80 Å². The highest BCUT2D eigenvalue weighted by atomic mass is 16.5. The third kappa shape index (κ3) is 1.60. The summed E-state index contributed by atoms with van der Waals surface area (Å²) in [6.45, 7) is 11.7. The molecule has 3 aliphatic heterocycles. The average molecular weight is 224 g/mol. The SMILES string of the molecule is CCN1CC2(C1)OCCC2N1CCC(C)C1. The molecule has 3 heterocycles. The molecule has 3 fully saturated rings. The zero-order valence-electron chi connectivity index (χ0n) is 10.6. The van der Waals surface area contributed by atoms with Crippen molar-refractivity contribution < 1.29 is 4.74 Å². The Morgan fingerprint density at radius 1 is 1.31 bits per heavy atom. The molecule has 92 valence electrons. The van der Waals surface area contributed by atoms with Gasteiger partial charge in [0.1, 0.15) is 5.60 Å². The van der Waals surface area contributed by atoms with Crippen molar-refractivity contribution in [3.8, 4) is 0 Å². The molecule has 3 aliphatic rings. The van der Waals surface area contributed by atoms with Crippen molar-refractivity contribution in [3.05, 3.63) is 0 Å². The van der Waals surface area contributed by atoms with Crippen LogP contribution >= 0.6 is 0 Å². The molecule has 0 amide bonds. The van der Waals surface area contributed by atoms with Crippen molar-refractivity contribution in [2.24, 2.45) is 5.92 Å². The molecule has 0 radical (unpaired) electrons. The molecular formula is C13H24N2O. The van der Waals surface area contributed by atoms with E-state index in [2.05, 4.69) is 23.6 Å². The summed E-state index contributed by atoms with van der Waals surface area (Å²) in [5.74, 6) is 0.889. The Bertz CT molecular complexity index is 263. The zero-order valence-corrected chi connectivity index (χ0v) is 10.6. The fourth-order valence-electron chi connectivity index (χ4n) is 3.74. The van der Waals surface area contributed by atoms with E-state index in [0.29, 0.717) is 6.04 Å². The van der Waals surface area contributed by atoms with E-state index in [1.165, 1.54) is 45.6 Å². The first-order valence-electron chi connectivity index (χ1n) is 6.84. The predicted octanol–water partition coefficient (Wildman–Crippen LogP) is 1.19. The van der Waals surface area contributed by atoms with Gasteiger partial charge in [-0.25, -0.2) is 0 Å². The third-order valence-corrected chi connectivity index (χ3v) is 4.71. The molecule has 3 rings (SSSR count). The summed E-state index contributed by atoms with van der Waals surface area (Å²) in [5, 5.41) is 0. The van der Waals surface area contributed by atoms with Gasteiger partial charge in [-0.1, -0.05) is 13.8 Å². The topological polar surface area (TPSA) is 15.7 Å². The lowest BCUT2D eigenvalue weighted by molar-refractivity contribution is -0.136. The first-order valence-corrected chi connectivity index (χ1v) is 6.84. The molecule has 0 aromatic rings. The normalized spacial score (nSPS) is 39.4. The Hall–Kier alpha value is -0.120. The smallest absolute Gasteiger partial charge is 0.109 e. The fraction of sp³-hybridized carbons (Fsp3) is 1.00. The van der Waals surface area contributed by atoms with Crippen LogP contribution in [0.3, 0.4) is 0 Å². The van der Waals surface area contributed by atoms with E-state index in [4.69, 9.17) is 4.74 Å². The van der Waals surface area contributed by atoms with Crippen LogP contribution in [0.1, 0.15) is 26.7 Å². The van der Waals surface area contributed by atoms with Crippen LogP contribution in [0.4, 0.5) is 0 Å². The van der Waals surface area contributed by atoms with Crippen LogP contribution in [0, 0.1) is 5.92 Å². The first-order chi connectivity index (χ1) is 7.73. The minimum Gasteiger partial charge on any atom is -0.371 e. The highest BCUT2D eigenvalue weighted by Crippen LogP contribution is 2.39. The van der Waals surface area contributed by atoms with Gasteiger partial charge in [-0.2, -0.15) is 0 Å². The maximum atomic E-state index is 6.09. The summed E-state index contributed by atoms with van der Waals surface area (Å²) in [4.78, 5) is 5.20. The number of nitrogens with zero attached hydrogens (tertiary/aromatic N) is 2. The summed E-state index contributed by atoms with van der Waals surface area (Å²) in [5.41, 5.74) is 0.208. The van der Waals surface area contributed by atoms with Gasteiger partial charge in [0.05, 0.1) is 0 Å². The number of likely N-dealkylation sites (N-methyl/N-ethyl adjacent to an activating group) is 1. The molecule has 0 bridgehead atoms. The number of ether oxygens (including phenoxy) is 1. The minimum absolute atomic E-state index is 0.208. The number of hydrogen-bond acceptors (Lipinski definition) is 3. The lowest BCUT2D eigenvalue weighted by atomic mass is 9.85. The van der Waals surface area contributed by atoms with E-state index in [1.54, 1.807) is 0 Å². The van der Waals surface area contributed by atoms with Crippen LogP contribution in [0.2, 0.25) is 0 Å². The fourth-order valence-corrected chi connectivity index (χ4v) is 3.74. The van der Waals surface area contributed by atoms with Crippen molar-refractivity contribution in [1.29, 1.82) is 0 Å². The Morgan fingerprint density at radius 2 is 2.12 bits per heavy atom. The van der Waals surface area contributed by atoms with E-state index in [9.17, 15) is 0 Å². The standard InChI is InChI=1S/C13H24N2O/c1-3-14-9-13(10-14)12(5-7-16-13)15-6-4-11(2)8-15/h11-12H,3-10H2,1-2H3. The monoisotopic (exact) mass is 224 g/mol. The number of rotatable bonds is 2. The molecule has 3 saturated heterocycles. The molecule has 0 aliphatic carbocycles. The molecule has 0 aromatic heterocycles. The van der Waals surface area contributed by atoms with Gasteiger partial charge in [-0.15, -0.1) is 0 Å². The maximum Gasteiger partial charge on any atom is 0.109 e. The molecule has 3 nitrogen and oxygen atoms in total. The van der Waals surface area contributed by atoms with Crippen LogP contribution < -0.4 is 0 Å². The number of hydrogen-bond donors (Lipinski definition) is 0. The van der Waals surface area contributed by atoms with Gasteiger partial charge in [-0.05, 0) is 31.8 Å². The van der Waals surface area contributed by atoms with Gasteiger partial charge in [0.25, 0.3) is 0 Å². The molecule has 0 N–H and O–H groups in total. The van der Waals surface area contributed by atoms with Gasteiger partial charge in [0, 0.05) is 32.3 Å². The number of likely N-dealkylation sites (tertiary alicyclic amines) is 2. The van der Waals surface area contributed by atoms with Crippen molar-refractivity contribution in [2.45, 2.75) is 38.3 Å². The molecule has 2 unspecified atom stereocenters. The Morgan fingerprint density at radius 3 is 2.75 bits per heavy atom. The van der Waals surface area contributed by atoms with E-state index >= 15 is 0 Å². The second kappa shape index (κ2) is 3.97. The molecule has 16 heavy (non-hydrogen) atoms. The van der Waals surface area contributed by atoms with Gasteiger partial charge < -0.3 is 4.74 Å². The zero-order chi connectivity index (χ0) is 11.2. The van der Waals surface area contributed by atoms with Gasteiger partial charge in [0.15, 0.2) is 0 Å². The van der Waals surface area contributed by atoms with Crippen molar-refractivity contribution in [2.75, 3.05) is 39.3 Å². The van der Waals surface area contributed by atoms with Gasteiger partial charge in [0.2, 0.25) is 0 Å². The Labute approximate surface area is 98.7 Å². The Kier molecular flexibility index (Phi) is 2.73. The van der Waals surface area contributed by atoms with Crippen LogP contribution in [-0.2, 0) is 4.74 Å². The molecule has 0 saturated carbocycles. The van der Waals surface area contributed by atoms with Gasteiger partial charge in [-0.3, -0.25) is 9.80 Å². The lowest BCUT2D eigenvalue weighted by Gasteiger charge is -2.52. The van der Waals surface area contributed by atoms with Crippen LogP contribution in [0.25, 0.3) is 0 Å². The van der Waals surface area contributed by atoms with Crippen LogP contribution in [0.15, 0.2) is 0 Å². The maximum absolute atomic E-state index is 6.09. The summed E-state index contributed by atoms with van der Waals surface area (Å²) in [6, 6.07) is 0.709. The third-order valence-electron chi connectivity index (χ3n) is 4.71. The van der Waals surface area contributed by atoms with Gasteiger partial charge >= 0.3 is 0 Å². The quantitative estimate of drug-likeness (QED) is 0.701. The van der Waals surface area contributed by atoms with Crippen LogP contribution in [0.5, 0.6) is 0 Å². The van der Waals surface area contributed by atoms with E-state index in [-0.39, 0.29) is 5.60 Å². The predicted molar refractivity (Wildman–Crippen MR) is 64.6 cm³/mol. The van der Waals surface area contributed by atoms with E-state index < -0.39 is 0 Å². The van der Waals surface area contributed by atoms with Crippen molar-refractivity contribution >= 4 is 0 Å². The highest BCUT2D eigenvalue weighted by Gasteiger charge is 2.54. The minimum atomic E-state index is 0.208. The lowest BCUT2D eigenvalue weighted by Crippen LogP contribution is -2.69. The summed E-state index contributed by atoms with van der Waals surface area (Å²) in [6.07, 6.45) is 2.63. The molecule has 0 aromatic carbocycles. The largest absolute Gasteiger partial charge is 0.371 e. The molecular weight excluding hydrogens is 200 g/mol. The second-order valence-corrected chi connectivity index (χ2v) is 5.91. The summed E-state index contributed by atoms with van der Waals surface area (Å²) in [7, 11) is 0. The summed E-state index contributed by atoms with van der Waals surface area (Å²) < 4.78 is 6.09. The highest BCUT2D eigenvalue weighted by molar-refractivity contribution is 5.09. The van der Waals surface area contributed by atoms with Crippen LogP contribution in [-0.4, -0.2) is 60.8 Å². The molecule has 1 spiro atoms. The van der Waals surface area contributed by atoms with E-state index in [1.807, 2.05) is 0 Å². The second-order valence-electron chi connectivity index (χ2n) is 5.91. The molecule has 3 heteroatoms. The summed E-state index contributed by atoms with van der Waals surface area (Å²) >= 11 is 0. The average Bonchev–Trinajstić information content (AvgIpc) is 2.80. The van der Waals surface area contributed by atoms with E-state index in [0.717, 1.165) is 12.5 Å². The Balaban J connectivity index is 1.66. The van der Waals surface area contributed by atoms with Crippen molar-refractivity contribution in [3.63, 3.8) is 0 Å². The molecule has 2 atom stereocenters.